The summed E-state index contributed by atoms with van der Waals surface area (Å²) in [5, 5.41) is 10.4. The number of furan rings is 1. The molecule has 96 valence electrons. The average molecular weight is 310 g/mol. The second-order valence-corrected chi connectivity index (χ2v) is 5.07. The van der Waals surface area contributed by atoms with Crippen molar-refractivity contribution in [3.63, 3.8) is 0 Å². The van der Waals surface area contributed by atoms with E-state index >= 15 is 0 Å². The predicted molar refractivity (Wildman–Crippen MR) is 74.3 cm³/mol. The topological polar surface area (TPSA) is 59.4 Å². The maximum absolute atomic E-state index is 10.4. The third kappa shape index (κ3) is 2.66. The summed E-state index contributed by atoms with van der Waals surface area (Å²) in [7, 11) is 0. The van der Waals surface area contributed by atoms with Crippen molar-refractivity contribution < 1.29 is 9.52 Å². The molecular weight excluding hydrogens is 294 g/mol. The standard InChI is InChI=1S/C14H16BrNO2/c1-9-2-4-10(5-3-9)12(8-16)13(17)11-6-7-18-14(11)15/h2-7,12-13,17H,8,16H2,1H3. The first-order chi connectivity index (χ1) is 8.63. The smallest absolute Gasteiger partial charge is 0.174 e. The number of benzene rings is 1. The number of hydrogen-bond acceptors (Lipinski definition) is 3. The maximum atomic E-state index is 10.4. The van der Waals surface area contributed by atoms with E-state index in [-0.39, 0.29) is 5.92 Å². The zero-order valence-electron chi connectivity index (χ0n) is 10.1. The van der Waals surface area contributed by atoms with E-state index in [2.05, 4.69) is 15.9 Å². The Kier molecular flexibility index (Phi) is 4.22. The summed E-state index contributed by atoms with van der Waals surface area (Å²) in [4.78, 5) is 0. The molecule has 0 amide bonds. The molecule has 1 heterocycles. The summed E-state index contributed by atoms with van der Waals surface area (Å²) in [6.07, 6.45) is 0.872. The van der Waals surface area contributed by atoms with Crippen LogP contribution in [0.3, 0.4) is 0 Å². The predicted octanol–water partition coefficient (Wildman–Crippen LogP) is 3.13. The van der Waals surface area contributed by atoms with Crippen molar-refractivity contribution in [2.24, 2.45) is 5.73 Å². The number of halogens is 1. The lowest BCUT2D eigenvalue weighted by molar-refractivity contribution is 0.145. The third-order valence-corrected chi connectivity index (χ3v) is 3.75. The molecule has 0 saturated carbocycles. The highest BCUT2D eigenvalue weighted by atomic mass is 79.9. The molecule has 0 fully saturated rings. The Morgan fingerprint density at radius 3 is 2.44 bits per heavy atom. The van der Waals surface area contributed by atoms with Gasteiger partial charge in [-0.3, -0.25) is 0 Å². The average Bonchev–Trinajstić information content (AvgIpc) is 2.78. The van der Waals surface area contributed by atoms with Crippen LogP contribution in [0.15, 0.2) is 45.7 Å². The third-order valence-electron chi connectivity index (χ3n) is 3.11. The lowest BCUT2D eigenvalue weighted by Gasteiger charge is -2.21. The van der Waals surface area contributed by atoms with Gasteiger partial charge in [0, 0.05) is 18.0 Å². The van der Waals surface area contributed by atoms with Crippen molar-refractivity contribution >= 4 is 15.9 Å². The minimum Gasteiger partial charge on any atom is -0.457 e. The van der Waals surface area contributed by atoms with Crippen molar-refractivity contribution in [2.75, 3.05) is 6.54 Å². The fourth-order valence-corrected chi connectivity index (χ4v) is 2.47. The van der Waals surface area contributed by atoms with Gasteiger partial charge in [-0.05, 0) is 34.5 Å². The second-order valence-electron chi connectivity index (χ2n) is 4.35. The summed E-state index contributed by atoms with van der Waals surface area (Å²) in [6, 6.07) is 9.81. The Bertz CT molecular complexity index is 507. The molecule has 0 saturated heterocycles. The zero-order chi connectivity index (χ0) is 13.1. The van der Waals surface area contributed by atoms with E-state index in [4.69, 9.17) is 10.2 Å². The molecule has 0 aliphatic carbocycles. The van der Waals surface area contributed by atoms with Gasteiger partial charge in [0.2, 0.25) is 0 Å². The molecule has 0 bridgehead atoms. The molecule has 0 radical (unpaired) electrons. The van der Waals surface area contributed by atoms with Crippen LogP contribution in [0.1, 0.15) is 28.7 Å². The highest BCUT2D eigenvalue weighted by Gasteiger charge is 2.24. The van der Waals surface area contributed by atoms with E-state index in [0.29, 0.717) is 11.2 Å². The molecule has 3 N–H and O–H groups in total. The van der Waals surface area contributed by atoms with Gasteiger partial charge in [-0.1, -0.05) is 29.8 Å². The quantitative estimate of drug-likeness (QED) is 0.912. The first kappa shape index (κ1) is 13.3. The van der Waals surface area contributed by atoms with Gasteiger partial charge >= 0.3 is 0 Å². The molecule has 2 aromatic rings. The van der Waals surface area contributed by atoms with Crippen LogP contribution >= 0.6 is 15.9 Å². The van der Waals surface area contributed by atoms with Gasteiger partial charge in [-0.15, -0.1) is 0 Å². The molecule has 4 heteroatoms. The van der Waals surface area contributed by atoms with Crippen LogP contribution in [0, 0.1) is 6.92 Å². The molecule has 2 rings (SSSR count). The van der Waals surface area contributed by atoms with Gasteiger partial charge in [-0.25, -0.2) is 0 Å². The van der Waals surface area contributed by atoms with Gasteiger partial charge in [0.1, 0.15) is 0 Å². The highest BCUT2D eigenvalue weighted by Crippen LogP contribution is 2.34. The Labute approximate surface area is 115 Å². The highest BCUT2D eigenvalue weighted by molar-refractivity contribution is 9.10. The van der Waals surface area contributed by atoms with Crippen LogP contribution in [0.5, 0.6) is 0 Å². The van der Waals surface area contributed by atoms with Gasteiger partial charge in [0.15, 0.2) is 4.67 Å². The first-order valence-electron chi connectivity index (χ1n) is 5.81. The van der Waals surface area contributed by atoms with Gasteiger partial charge < -0.3 is 15.3 Å². The molecule has 1 aromatic carbocycles. The minimum absolute atomic E-state index is 0.139. The number of aryl methyl sites for hydroxylation is 1. The number of rotatable bonds is 4. The van der Waals surface area contributed by atoms with Crippen LogP contribution < -0.4 is 5.73 Å². The van der Waals surface area contributed by atoms with E-state index in [1.807, 2.05) is 31.2 Å². The molecule has 0 aliphatic rings. The molecule has 2 unspecified atom stereocenters. The number of aliphatic hydroxyl groups excluding tert-OH is 1. The Hall–Kier alpha value is -1.10. The molecule has 2 atom stereocenters. The van der Waals surface area contributed by atoms with Crippen LogP contribution in [-0.4, -0.2) is 11.7 Å². The van der Waals surface area contributed by atoms with Crippen molar-refractivity contribution in [3.8, 4) is 0 Å². The first-order valence-corrected chi connectivity index (χ1v) is 6.60. The molecule has 0 aliphatic heterocycles. The molecular formula is C14H16BrNO2. The van der Waals surface area contributed by atoms with Crippen molar-refractivity contribution in [3.05, 3.63) is 58.0 Å². The number of hydrogen-bond donors (Lipinski definition) is 2. The SMILES string of the molecule is Cc1ccc(C(CN)C(O)c2ccoc2Br)cc1. The summed E-state index contributed by atoms with van der Waals surface area (Å²) < 4.78 is 5.71. The summed E-state index contributed by atoms with van der Waals surface area (Å²) in [5.74, 6) is -0.139. The molecule has 18 heavy (non-hydrogen) atoms. The number of nitrogens with two attached hydrogens (primary N) is 1. The Morgan fingerprint density at radius 2 is 1.94 bits per heavy atom. The van der Waals surface area contributed by atoms with Crippen molar-refractivity contribution in [1.29, 1.82) is 0 Å². The normalized spacial score (nSPS) is 14.4. The van der Waals surface area contributed by atoms with E-state index in [0.717, 1.165) is 11.1 Å². The van der Waals surface area contributed by atoms with E-state index < -0.39 is 6.10 Å². The summed E-state index contributed by atoms with van der Waals surface area (Å²) in [5.41, 5.74) is 8.74. The summed E-state index contributed by atoms with van der Waals surface area (Å²) >= 11 is 3.28. The fraction of sp³-hybridized carbons (Fsp3) is 0.286. The van der Waals surface area contributed by atoms with Crippen LogP contribution in [-0.2, 0) is 0 Å². The van der Waals surface area contributed by atoms with Gasteiger partial charge in [0.05, 0.1) is 12.4 Å². The zero-order valence-corrected chi connectivity index (χ0v) is 11.7. The lowest BCUT2D eigenvalue weighted by atomic mass is 9.90. The fourth-order valence-electron chi connectivity index (χ4n) is 1.99. The molecule has 0 spiro atoms. The van der Waals surface area contributed by atoms with E-state index in [1.54, 1.807) is 12.3 Å². The Balaban J connectivity index is 2.28. The maximum Gasteiger partial charge on any atom is 0.174 e. The monoisotopic (exact) mass is 309 g/mol. The van der Waals surface area contributed by atoms with Crippen LogP contribution in [0.25, 0.3) is 0 Å². The summed E-state index contributed by atoms with van der Waals surface area (Å²) in [6.45, 7) is 2.41. The second kappa shape index (κ2) is 5.69. The van der Waals surface area contributed by atoms with Crippen molar-refractivity contribution in [2.45, 2.75) is 18.9 Å². The number of aliphatic hydroxyl groups is 1. The van der Waals surface area contributed by atoms with Crippen molar-refractivity contribution in [1.82, 2.24) is 0 Å². The molecule has 3 nitrogen and oxygen atoms in total. The van der Waals surface area contributed by atoms with E-state index in [1.165, 1.54) is 5.56 Å². The lowest BCUT2D eigenvalue weighted by Crippen LogP contribution is -2.20. The largest absolute Gasteiger partial charge is 0.457 e. The van der Waals surface area contributed by atoms with Crippen LogP contribution in [0.2, 0.25) is 0 Å². The molecule has 1 aromatic heterocycles. The van der Waals surface area contributed by atoms with E-state index in [9.17, 15) is 5.11 Å². The Morgan fingerprint density at radius 1 is 1.28 bits per heavy atom. The van der Waals surface area contributed by atoms with Gasteiger partial charge in [0.25, 0.3) is 0 Å². The van der Waals surface area contributed by atoms with Gasteiger partial charge in [-0.2, -0.15) is 0 Å². The minimum atomic E-state index is -0.675. The van der Waals surface area contributed by atoms with Crippen LogP contribution in [0.4, 0.5) is 0 Å².